The van der Waals surface area contributed by atoms with Gasteiger partial charge in [-0.1, -0.05) is 24.3 Å². The molecule has 0 saturated carbocycles. The summed E-state index contributed by atoms with van der Waals surface area (Å²) in [5, 5.41) is 0. The van der Waals surface area contributed by atoms with Gasteiger partial charge in [-0.25, -0.2) is 13.4 Å². The third-order valence-electron chi connectivity index (χ3n) is 5.58. The number of sulfone groups is 1. The van der Waals surface area contributed by atoms with Gasteiger partial charge in [0.2, 0.25) is 5.91 Å². The molecule has 1 aromatic heterocycles. The highest BCUT2D eigenvalue weighted by Crippen LogP contribution is 2.22. The van der Waals surface area contributed by atoms with Crippen LogP contribution in [0.2, 0.25) is 0 Å². The summed E-state index contributed by atoms with van der Waals surface area (Å²) < 4.78 is 31.2. The number of aryl methyl sites for hydroxylation is 1. The van der Waals surface area contributed by atoms with E-state index in [-0.39, 0.29) is 29.9 Å². The Hall–Kier alpha value is -2.87. The number of nitrogens with zero attached hydrogens (tertiary/aromatic N) is 3. The van der Waals surface area contributed by atoms with Crippen LogP contribution >= 0.6 is 0 Å². The lowest BCUT2D eigenvalue weighted by atomic mass is 10.1. The Morgan fingerprint density at radius 3 is 2.67 bits per heavy atom. The second-order valence-corrected chi connectivity index (χ2v) is 9.83. The van der Waals surface area contributed by atoms with Crippen molar-refractivity contribution in [3.8, 4) is 5.75 Å². The van der Waals surface area contributed by atoms with Crippen LogP contribution in [-0.2, 0) is 27.7 Å². The number of rotatable bonds is 7. The van der Waals surface area contributed by atoms with Crippen LogP contribution in [0.1, 0.15) is 18.4 Å². The topological polar surface area (TPSA) is 81.5 Å². The minimum Gasteiger partial charge on any atom is -0.497 e. The highest BCUT2D eigenvalue weighted by atomic mass is 32.2. The van der Waals surface area contributed by atoms with E-state index in [0.717, 1.165) is 22.3 Å². The maximum atomic E-state index is 13.2. The van der Waals surface area contributed by atoms with Crippen LogP contribution in [0.3, 0.4) is 0 Å². The first-order valence-electron chi connectivity index (χ1n) is 9.98. The molecule has 0 radical (unpaired) electrons. The van der Waals surface area contributed by atoms with Crippen LogP contribution in [0.4, 0.5) is 0 Å². The molecule has 4 rings (SSSR count). The molecular formula is C22H25N3O4S. The number of benzene rings is 2. The molecule has 2 aromatic carbocycles. The molecule has 1 aliphatic rings. The number of carbonyl (C=O) groups is 1. The van der Waals surface area contributed by atoms with E-state index in [2.05, 4.69) is 4.98 Å². The van der Waals surface area contributed by atoms with E-state index in [1.807, 2.05) is 53.1 Å². The normalized spacial score (nSPS) is 17.8. The third kappa shape index (κ3) is 4.48. The average Bonchev–Trinajstić information content (AvgIpc) is 3.33. The SMILES string of the molecule is COc1ccc(CN(C(=O)CCn2cnc3ccccc32)C2CCS(=O)(=O)C2)cc1. The first kappa shape index (κ1) is 20.4. The van der Waals surface area contributed by atoms with Gasteiger partial charge in [-0.3, -0.25) is 4.79 Å². The summed E-state index contributed by atoms with van der Waals surface area (Å²) in [6.45, 7) is 0.881. The molecule has 8 heteroatoms. The molecule has 7 nitrogen and oxygen atoms in total. The molecule has 1 fully saturated rings. The summed E-state index contributed by atoms with van der Waals surface area (Å²) >= 11 is 0. The minimum atomic E-state index is -3.09. The predicted octanol–water partition coefficient (Wildman–Crippen LogP) is 2.65. The molecule has 30 heavy (non-hydrogen) atoms. The van der Waals surface area contributed by atoms with E-state index in [1.165, 1.54) is 0 Å². The van der Waals surface area contributed by atoms with Crippen molar-refractivity contribution in [2.24, 2.45) is 0 Å². The van der Waals surface area contributed by atoms with Gasteiger partial charge in [0.25, 0.3) is 0 Å². The van der Waals surface area contributed by atoms with E-state index in [9.17, 15) is 13.2 Å². The van der Waals surface area contributed by atoms with Crippen molar-refractivity contribution in [3.05, 3.63) is 60.4 Å². The van der Waals surface area contributed by atoms with Crippen molar-refractivity contribution in [2.75, 3.05) is 18.6 Å². The number of aromatic nitrogens is 2. The van der Waals surface area contributed by atoms with Crippen LogP contribution in [0, 0.1) is 0 Å². The number of fused-ring (bicyclic) bond motifs is 1. The maximum absolute atomic E-state index is 13.2. The van der Waals surface area contributed by atoms with Gasteiger partial charge >= 0.3 is 0 Å². The Kier molecular flexibility index (Phi) is 5.76. The standard InChI is InChI=1S/C22H25N3O4S/c1-29-19-8-6-17(7-9-19)14-25(18-11-13-30(27,28)15-18)22(26)10-12-24-16-23-20-4-2-3-5-21(20)24/h2-9,16,18H,10-15H2,1H3. The van der Waals surface area contributed by atoms with Crippen molar-refractivity contribution >= 4 is 26.8 Å². The lowest BCUT2D eigenvalue weighted by Crippen LogP contribution is -2.41. The lowest BCUT2D eigenvalue weighted by Gasteiger charge is -2.28. The largest absolute Gasteiger partial charge is 0.497 e. The molecule has 3 aromatic rings. The van der Waals surface area contributed by atoms with Crippen molar-refractivity contribution in [3.63, 3.8) is 0 Å². The molecule has 0 N–H and O–H groups in total. The minimum absolute atomic E-state index is 0.0307. The van der Waals surface area contributed by atoms with Gasteiger partial charge in [0.05, 0.1) is 36.0 Å². The van der Waals surface area contributed by atoms with Crippen molar-refractivity contribution in [1.29, 1.82) is 0 Å². The number of amides is 1. The molecule has 158 valence electrons. The number of hydrogen-bond acceptors (Lipinski definition) is 5. The number of ether oxygens (including phenoxy) is 1. The van der Waals surface area contributed by atoms with Crippen molar-refractivity contribution in [2.45, 2.75) is 32.0 Å². The Morgan fingerprint density at radius 2 is 1.97 bits per heavy atom. The van der Waals surface area contributed by atoms with Crippen LogP contribution in [0.5, 0.6) is 5.75 Å². The van der Waals surface area contributed by atoms with E-state index >= 15 is 0 Å². The fourth-order valence-electron chi connectivity index (χ4n) is 3.92. The molecule has 0 spiro atoms. The van der Waals surface area contributed by atoms with Crippen molar-refractivity contribution < 1.29 is 17.9 Å². The molecule has 1 atom stereocenters. The molecule has 0 aliphatic carbocycles. The smallest absolute Gasteiger partial charge is 0.224 e. The fourth-order valence-corrected chi connectivity index (χ4v) is 5.65. The third-order valence-corrected chi connectivity index (χ3v) is 7.33. The average molecular weight is 428 g/mol. The number of imidazole rings is 1. The van der Waals surface area contributed by atoms with Crippen LogP contribution in [0.15, 0.2) is 54.9 Å². The second kappa shape index (κ2) is 8.47. The summed E-state index contributed by atoms with van der Waals surface area (Å²) in [4.78, 5) is 19.3. The summed E-state index contributed by atoms with van der Waals surface area (Å²) in [6.07, 6.45) is 2.51. The number of carbonyl (C=O) groups excluding carboxylic acids is 1. The quantitative estimate of drug-likeness (QED) is 0.579. The van der Waals surface area contributed by atoms with Gasteiger partial charge in [-0.2, -0.15) is 0 Å². The first-order chi connectivity index (χ1) is 14.4. The van der Waals surface area contributed by atoms with Crippen LogP contribution < -0.4 is 4.74 Å². The van der Waals surface area contributed by atoms with E-state index < -0.39 is 9.84 Å². The van der Waals surface area contributed by atoms with Crippen molar-refractivity contribution in [1.82, 2.24) is 14.5 Å². The molecule has 1 aliphatic heterocycles. The molecule has 0 bridgehead atoms. The van der Waals surface area contributed by atoms with Gasteiger partial charge in [-0.15, -0.1) is 0 Å². The van der Waals surface area contributed by atoms with Gasteiger partial charge < -0.3 is 14.2 Å². The first-order valence-corrected chi connectivity index (χ1v) is 11.8. The summed E-state index contributed by atoms with van der Waals surface area (Å²) in [6, 6.07) is 15.0. The zero-order valence-electron chi connectivity index (χ0n) is 16.9. The second-order valence-electron chi connectivity index (χ2n) is 7.60. The molecule has 1 amide bonds. The molecule has 2 heterocycles. The van der Waals surface area contributed by atoms with Gasteiger partial charge in [-0.05, 0) is 36.2 Å². The summed E-state index contributed by atoms with van der Waals surface area (Å²) in [7, 11) is -1.49. The van der Waals surface area contributed by atoms with Gasteiger partial charge in [0.15, 0.2) is 9.84 Å². The van der Waals surface area contributed by atoms with E-state index in [4.69, 9.17) is 4.74 Å². The fraction of sp³-hybridized carbons (Fsp3) is 0.364. The van der Waals surface area contributed by atoms with E-state index in [0.29, 0.717) is 19.5 Å². The van der Waals surface area contributed by atoms with Gasteiger partial charge in [0.1, 0.15) is 5.75 Å². The Morgan fingerprint density at radius 1 is 1.20 bits per heavy atom. The summed E-state index contributed by atoms with van der Waals surface area (Å²) in [5.41, 5.74) is 2.82. The van der Waals surface area contributed by atoms with Crippen LogP contribution in [0.25, 0.3) is 11.0 Å². The monoisotopic (exact) mass is 427 g/mol. The van der Waals surface area contributed by atoms with Gasteiger partial charge in [0, 0.05) is 25.6 Å². The zero-order valence-corrected chi connectivity index (χ0v) is 17.7. The summed E-state index contributed by atoms with van der Waals surface area (Å²) in [5.74, 6) is 0.858. The van der Waals surface area contributed by atoms with Crippen LogP contribution in [-0.4, -0.2) is 53.4 Å². The Bertz CT molecular complexity index is 1140. The zero-order chi connectivity index (χ0) is 21.1. The predicted molar refractivity (Wildman–Crippen MR) is 115 cm³/mol. The number of para-hydroxylation sites is 2. The van der Waals surface area contributed by atoms with E-state index in [1.54, 1.807) is 18.3 Å². The molecule has 1 saturated heterocycles. The number of methoxy groups -OCH3 is 1. The number of hydrogen-bond donors (Lipinski definition) is 0. The lowest BCUT2D eigenvalue weighted by molar-refractivity contribution is -0.134. The molecular weight excluding hydrogens is 402 g/mol. The maximum Gasteiger partial charge on any atom is 0.224 e. The highest BCUT2D eigenvalue weighted by molar-refractivity contribution is 7.91. The molecule has 1 unspecified atom stereocenters. The highest BCUT2D eigenvalue weighted by Gasteiger charge is 2.34. The Balaban J connectivity index is 1.51. The Labute approximate surface area is 176 Å².